The van der Waals surface area contributed by atoms with Crippen LogP contribution in [0.2, 0.25) is 0 Å². The van der Waals surface area contributed by atoms with Gasteiger partial charge in [0.15, 0.2) is 0 Å². The third-order valence-electron chi connectivity index (χ3n) is 2.67. The minimum absolute atomic E-state index is 0.221. The van der Waals surface area contributed by atoms with E-state index >= 15 is 0 Å². The van der Waals surface area contributed by atoms with Gasteiger partial charge >= 0.3 is 0 Å². The molecule has 0 fully saturated rings. The molecule has 0 radical (unpaired) electrons. The highest BCUT2D eigenvalue weighted by Gasteiger charge is 2.20. The van der Waals surface area contributed by atoms with Gasteiger partial charge in [-0.1, -0.05) is 24.6 Å². The van der Waals surface area contributed by atoms with Crippen molar-refractivity contribution >= 4 is 10.0 Å². The number of rotatable bonds is 5. The highest BCUT2D eigenvalue weighted by molar-refractivity contribution is 7.89. The molecule has 0 saturated carbocycles. The lowest BCUT2D eigenvalue weighted by Gasteiger charge is -2.18. The van der Waals surface area contributed by atoms with Crippen molar-refractivity contribution in [2.75, 3.05) is 0 Å². The molecule has 0 amide bonds. The second-order valence-electron chi connectivity index (χ2n) is 4.20. The molecule has 0 heterocycles. The van der Waals surface area contributed by atoms with Crippen molar-refractivity contribution in [3.8, 4) is 0 Å². The van der Waals surface area contributed by atoms with E-state index in [1.54, 1.807) is 38.1 Å². The fraction of sp³-hybridized carbons (Fsp3) is 0.500. The first kappa shape index (κ1) is 14.2. The summed E-state index contributed by atoms with van der Waals surface area (Å²) in [6, 6.07) is 6.11. The van der Waals surface area contributed by atoms with Crippen molar-refractivity contribution in [3.63, 3.8) is 0 Å². The van der Waals surface area contributed by atoms with Crippen molar-refractivity contribution in [3.05, 3.63) is 29.8 Å². The van der Waals surface area contributed by atoms with Gasteiger partial charge in [-0.25, -0.2) is 13.1 Å². The number of hydrogen-bond acceptors (Lipinski definition) is 3. The molecule has 0 saturated heterocycles. The van der Waals surface area contributed by atoms with Crippen molar-refractivity contribution in [2.45, 2.75) is 44.2 Å². The maximum Gasteiger partial charge on any atom is 0.240 e. The lowest BCUT2D eigenvalue weighted by molar-refractivity contribution is 0.140. The largest absolute Gasteiger partial charge is 0.391 e. The minimum atomic E-state index is -3.54. The molecule has 1 rings (SSSR count). The van der Waals surface area contributed by atoms with Gasteiger partial charge in [-0.05, 0) is 32.4 Å². The highest BCUT2D eigenvalue weighted by atomic mass is 32.2. The van der Waals surface area contributed by atoms with Crippen LogP contribution in [0.25, 0.3) is 0 Å². The van der Waals surface area contributed by atoms with Crippen LogP contribution in [0.3, 0.4) is 0 Å². The number of nitrogens with one attached hydrogen (secondary N) is 1. The molecule has 2 N–H and O–H groups in total. The Kier molecular flexibility index (Phi) is 4.68. The maximum absolute atomic E-state index is 12.0. The quantitative estimate of drug-likeness (QED) is 0.838. The third-order valence-corrected chi connectivity index (χ3v) is 4.24. The summed E-state index contributed by atoms with van der Waals surface area (Å²) in [5.41, 5.74) is 1.01. The van der Waals surface area contributed by atoms with Gasteiger partial charge in [0.25, 0.3) is 0 Å². The van der Waals surface area contributed by atoms with Crippen LogP contribution in [0.5, 0.6) is 0 Å². The van der Waals surface area contributed by atoms with Crippen LogP contribution in [0.4, 0.5) is 0 Å². The van der Waals surface area contributed by atoms with Gasteiger partial charge in [-0.2, -0.15) is 0 Å². The number of aryl methyl sites for hydroxylation is 1. The zero-order valence-electron chi connectivity index (χ0n) is 10.3. The maximum atomic E-state index is 12.0. The normalized spacial score (nSPS) is 15.5. The van der Waals surface area contributed by atoms with E-state index in [1.165, 1.54) is 0 Å². The zero-order valence-corrected chi connectivity index (χ0v) is 11.2. The standard InChI is InChI=1S/C12H19NO3S/c1-4-12(14)10(3)13-17(15,16)11-7-5-9(2)6-8-11/h5-8,10,12-14H,4H2,1-3H3/t10-,12-/m0/s1. The molecule has 2 atom stereocenters. The van der Waals surface area contributed by atoms with Gasteiger partial charge in [0.2, 0.25) is 10.0 Å². The molecule has 0 aliphatic rings. The first-order chi connectivity index (χ1) is 7.86. The predicted octanol–water partition coefficient (Wildman–Crippen LogP) is 1.43. The van der Waals surface area contributed by atoms with Crippen LogP contribution >= 0.6 is 0 Å². The Labute approximate surface area is 103 Å². The summed E-state index contributed by atoms with van der Waals surface area (Å²) in [5, 5.41) is 9.55. The monoisotopic (exact) mass is 257 g/mol. The van der Waals surface area contributed by atoms with Gasteiger partial charge in [-0.15, -0.1) is 0 Å². The molecule has 0 spiro atoms. The van der Waals surface area contributed by atoms with Crippen LogP contribution in [0.15, 0.2) is 29.2 Å². The van der Waals surface area contributed by atoms with E-state index in [-0.39, 0.29) is 4.90 Å². The van der Waals surface area contributed by atoms with Crippen molar-refractivity contribution in [1.82, 2.24) is 4.72 Å². The summed E-state index contributed by atoms with van der Waals surface area (Å²) >= 11 is 0. The van der Waals surface area contributed by atoms with Crippen LogP contribution in [-0.2, 0) is 10.0 Å². The van der Waals surface area contributed by atoms with Gasteiger partial charge in [-0.3, -0.25) is 0 Å². The first-order valence-corrected chi connectivity index (χ1v) is 7.12. The molecular formula is C12H19NO3S. The zero-order chi connectivity index (χ0) is 13.1. The topological polar surface area (TPSA) is 66.4 Å². The SMILES string of the molecule is CC[C@H](O)[C@H](C)NS(=O)(=O)c1ccc(C)cc1. The molecule has 96 valence electrons. The van der Waals surface area contributed by atoms with E-state index in [9.17, 15) is 13.5 Å². The minimum Gasteiger partial charge on any atom is -0.391 e. The van der Waals surface area contributed by atoms with E-state index in [2.05, 4.69) is 4.72 Å². The first-order valence-electron chi connectivity index (χ1n) is 5.64. The molecule has 4 nitrogen and oxygen atoms in total. The number of benzene rings is 1. The Balaban J connectivity index is 2.85. The van der Waals surface area contributed by atoms with Gasteiger partial charge in [0, 0.05) is 6.04 Å². The van der Waals surface area contributed by atoms with Crippen molar-refractivity contribution in [2.24, 2.45) is 0 Å². The van der Waals surface area contributed by atoms with Gasteiger partial charge in [0.05, 0.1) is 11.0 Å². The molecule has 0 aliphatic carbocycles. The number of aliphatic hydroxyl groups is 1. The fourth-order valence-electron chi connectivity index (χ4n) is 1.46. The van der Waals surface area contributed by atoms with Crippen LogP contribution in [0, 0.1) is 6.92 Å². The van der Waals surface area contributed by atoms with E-state index in [0.29, 0.717) is 6.42 Å². The lowest BCUT2D eigenvalue weighted by Crippen LogP contribution is -2.40. The number of sulfonamides is 1. The molecule has 1 aromatic carbocycles. The molecule has 5 heteroatoms. The van der Waals surface area contributed by atoms with E-state index in [1.807, 2.05) is 6.92 Å². The third kappa shape index (κ3) is 3.80. The molecule has 0 bridgehead atoms. The molecule has 0 aliphatic heterocycles. The Morgan fingerprint density at radius 3 is 2.29 bits per heavy atom. The Morgan fingerprint density at radius 1 is 1.29 bits per heavy atom. The molecule has 1 aromatic rings. The molecular weight excluding hydrogens is 238 g/mol. The molecule has 0 unspecified atom stereocenters. The Morgan fingerprint density at radius 2 is 1.82 bits per heavy atom. The summed E-state index contributed by atoms with van der Waals surface area (Å²) in [5.74, 6) is 0. The van der Waals surface area contributed by atoms with Crippen LogP contribution in [0.1, 0.15) is 25.8 Å². The van der Waals surface area contributed by atoms with Crippen molar-refractivity contribution in [1.29, 1.82) is 0 Å². The summed E-state index contributed by atoms with van der Waals surface area (Å²) in [6.07, 6.45) is -0.160. The van der Waals surface area contributed by atoms with Crippen molar-refractivity contribution < 1.29 is 13.5 Å². The van der Waals surface area contributed by atoms with Gasteiger partial charge < -0.3 is 5.11 Å². The second kappa shape index (κ2) is 5.62. The summed E-state index contributed by atoms with van der Waals surface area (Å²) in [7, 11) is -3.54. The smallest absolute Gasteiger partial charge is 0.240 e. The summed E-state index contributed by atoms with van der Waals surface area (Å²) in [6.45, 7) is 5.36. The highest BCUT2D eigenvalue weighted by Crippen LogP contribution is 2.11. The summed E-state index contributed by atoms with van der Waals surface area (Å²) in [4.78, 5) is 0.221. The van der Waals surface area contributed by atoms with E-state index in [0.717, 1.165) is 5.56 Å². The molecule has 17 heavy (non-hydrogen) atoms. The number of aliphatic hydroxyl groups excluding tert-OH is 1. The number of hydrogen-bond donors (Lipinski definition) is 2. The average Bonchev–Trinajstić information content (AvgIpc) is 2.27. The van der Waals surface area contributed by atoms with Crippen LogP contribution < -0.4 is 4.72 Å². The average molecular weight is 257 g/mol. The second-order valence-corrected chi connectivity index (χ2v) is 5.91. The predicted molar refractivity (Wildman–Crippen MR) is 67.3 cm³/mol. The van der Waals surface area contributed by atoms with E-state index < -0.39 is 22.2 Å². The Hall–Kier alpha value is -0.910. The van der Waals surface area contributed by atoms with Crippen LogP contribution in [-0.4, -0.2) is 25.7 Å². The molecule has 0 aromatic heterocycles. The lowest BCUT2D eigenvalue weighted by atomic mass is 10.1. The fourth-order valence-corrected chi connectivity index (χ4v) is 2.74. The van der Waals surface area contributed by atoms with E-state index in [4.69, 9.17) is 0 Å². The summed E-state index contributed by atoms with van der Waals surface area (Å²) < 4.78 is 26.4. The van der Waals surface area contributed by atoms with Gasteiger partial charge in [0.1, 0.15) is 0 Å². The Bertz CT molecular complexity index is 453.